The zero-order valence-electron chi connectivity index (χ0n) is 13.9. The highest BCUT2D eigenvalue weighted by molar-refractivity contribution is 5.70. The lowest BCUT2D eigenvalue weighted by molar-refractivity contribution is -0.384. The van der Waals surface area contributed by atoms with Crippen LogP contribution in [0.25, 0.3) is 22.7 Å². The number of hydrogen-bond acceptors (Lipinski definition) is 7. The summed E-state index contributed by atoms with van der Waals surface area (Å²) in [5.41, 5.74) is 1.56. The van der Waals surface area contributed by atoms with Crippen molar-refractivity contribution in [3.63, 3.8) is 0 Å². The molecule has 0 unspecified atom stereocenters. The van der Waals surface area contributed by atoms with Gasteiger partial charge in [0.2, 0.25) is 18.2 Å². The van der Waals surface area contributed by atoms with Gasteiger partial charge in [-0.1, -0.05) is 30.3 Å². The number of pyridine rings is 1. The van der Waals surface area contributed by atoms with Crippen LogP contribution >= 0.6 is 0 Å². The van der Waals surface area contributed by atoms with Gasteiger partial charge in [0.15, 0.2) is 5.69 Å². The Balaban J connectivity index is 1.63. The Morgan fingerprint density at radius 1 is 0.926 bits per heavy atom. The molecule has 0 fully saturated rings. The first-order valence-corrected chi connectivity index (χ1v) is 7.96. The molecule has 27 heavy (non-hydrogen) atoms. The summed E-state index contributed by atoms with van der Waals surface area (Å²) in [6.45, 7) is 0. The zero-order chi connectivity index (χ0) is 18.6. The lowest BCUT2D eigenvalue weighted by Crippen LogP contribution is -1.97. The normalized spacial score (nSPS) is 10.5. The van der Waals surface area contributed by atoms with Crippen molar-refractivity contribution in [3.05, 3.63) is 83.2 Å². The molecule has 0 bridgehead atoms. The average Bonchev–Trinajstić information content (AvgIpc) is 3.24. The van der Waals surface area contributed by atoms with Crippen molar-refractivity contribution in [1.82, 2.24) is 15.2 Å². The second kappa shape index (κ2) is 7.04. The molecular weight excluding hydrogens is 348 g/mol. The lowest BCUT2D eigenvalue weighted by atomic mass is 10.1. The van der Waals surface area contributed by atoms with Gasteiger partial charge in [0.05, 0.1) is 4.92 Å². The third-order valence-electron chi connectivity index (χ3n) is 3.78. The maximum absolute atomic E-state index is 11.3. The van der Waals surface area contributed by atoms with Crippen LogP contribution in [0, 0.1) is 10.1 Å². The Labute approximate surface area is 153 Å². The van der Waals surface area contributed by atoms with Gasteiger partial charge >= 0.3 is 0 Å². The molecule has 4 rings (SSSR count). The van der Waals surface area contributed by atoms with Crippen molar-refractivity contribution in [2.75, 3.05) is 0 Å². The molecule has 0 saturated heterocycles. The fourth-order valence-corrected chi connectivity index (χ4v) is 2.53. The summed E-state index contributed by atoms with van der Waals surface area (Å²) in [5.74, 6) is 1.19. The van der Waals surface area contributed by atoms with Crippen LogP contribution in [0.15, 0.2) is 77.5 Å². The fraction of sp³-hybridized carbons (Fsp3) is 0. The molecule has 0 saturated carbocycles. The van der Waals surface area contributed by atoms with E-state index in [2.05, 4.69) is 15.2 Å². The number of benzene rings is 2. The second-order valence-electron chi connectivity index (χ2n) is 5.51. The van der Waals surface area contributed by atoms with E-state index in [-0.39, 0.29) is 17.3 Å². The van der Waals surface area contributed by atoms with Gasteiger partial charge in [-0.3, -0.25) is 10.1 Å². The van der Waals surface area contributed by atoms with Gasteiger partial charge in [0, 0.05) is 23.3 Å². The van der Waals surface area contributed by atoms with E-state index >= 15 is 0 Å². The largest absolute Gasteiger partial charge is 0.439 e. The van der Waals surface area contributed by atoms with Crippen LogP contribution in [-0.4, -0.2) is 20.1 Å². The summed E-state index contributed by atoms with van der Waals surface area (Å²) >= 11 is 0. The molecule has 132 valence electrons. The fourth-order valence-electron chi connectivity index (χ4n) is 2.53. The van der Waals surface area contributed by atoms with Gasteiger partial charge < -0.3 is 9.15 Å². The van der Waals surface area contributed by atoms with Gasteiger partial charge in [-0.15, -0.1) is 10.2 Å². The van der Waals surface area contributed by atoms with Gasteiger partial charge in [-0.2, -0.15) is 0 Å². The minimum absolute atomic E-state index is 0.0831. The van der Waals surface area contributed by atoms with Gasteiger partial charge in [-0.05, 0) is 24.3 Å². The van der Waals surface area contributed by atoms with Crippen LogP contribution in [0.5, 0.6) is 11.6 Å². The number of nitro groups is 1. The number of ether oxygens (including phenoxy) is 1. The first kappa shape index (κ1) is 16.4. The third kappa shape index (κ3) is 3.49. The zero-order valence-corrected chi connectivity index (χ0v) is 13.9. The molecule has 0 aliphatic rings. The smallest absolute Gasteiger partial charge is 0.295 e. The molecule has 0 radical (unpaired) electrons. The van der Waals surface area contributed by atoms with Crippen LogP contribution in [0.2, 0.25) is 0 Å². The lowest BCUT2D eigenvalue weighted by Gasteiger charge is -2.08. The molecule has 0 spiro atoms. The summed E-state index contributed by atoms with van der Waals surface area (Å²) in [6, 6.07) is 18.8. The van der Waals surface area contributed by atoms with E-state index in [1.54, 1.807) is 48.5 Å². The average molecular weight is 360 g/mol. The number of hydrogen-bond donors (Lipinski definition) is 0. The monoisotopic (exact) mass is 360 g/mol. The molecule has 8 nitrogen and oxygen atoms in total. The molecule has 0 atom stereocenters. The molecule has 0 aliphatic heterocycles. The molecular formula is C19H12N4O4. The highest BCUT2D eigenvalue weighted by atomic mass is 16.6. The van der Waals surface area contributed by atoms with Gasteiger partial charge in [0.25, 0.3) is 5.69 Å². The third-order valence-corrected chi connectivity index (χ3v) is 3.78. The van der Waals surface area contributed by atoms with Crippen LogP contribution in [0.3, 0.4) is 0 Å². The highest BCUT2D eigenvalue weighted by Crippen LogP contribution is 2.31. The minimum Gasteiger partial charge on any atom is -0.439 e. The van der Waals surface area contributed by atoms with Crippen LogP contribution in [-0.2, 0) is 0 Å². The van der Waals surface area contributed by atoms with E-state index in [9.17, 15) is 10.1 Å². The summed E-state index contributed by atoms with van der Waals surface area (Å²) in [7, 11) is 0. The quantitative estimate of drug-likeness (QED) is 0.381. The van der Waals surface area contributed by atoms with Crippen molar-refractivity contribution >= 4 is 5.69 Å². The number of rotatable bonds is 5. The van der Waals surface area contributed by atoms with E-state index in [1.165, 1.54) is 18.5 Å². The standard InChI is InChI=1S/C19H12N4O4/c24-23(25)16-10-11-17(21-18(16)13-4-2-1-3-5-13)27-15-8-6-14(7-9-15)19-22-20-12-26-19/h1-12H. The van der Waals surface area contributed by atoms with Crippen molar-refractivity contribution in [3.8, 4) is 34.3 Å². The summed E-state index contributed by atoms with van der Waals surface area (Å²) < 4.78 is 10.9. The highest BCUT2D eigenvalue weighted by Gasteiger charge is 2.18. The van der Waals surface area contributed by atoms with Crippen LogP contribution in [0.1, 0.15) is 0 Å². The van der Waals surface area contributed by atoms with E-state index in [0.717, 1.165) is 5.56 Å². The van der Waals surface area contributed by atoms with E-state index < -0.39 is 4.92 Å². The molecule has 0 N–H and O–H groups in total. The first-order valence-electron chi connectivity index (χ1n) is 7.96. The Kier molecular flexibility index (Phi) is 4.28. The topological polar surface area (TPSA) is 104 Å². The van der Waals surface area contributed by atoms with Crippen molar-refractivity contribution in [2.45, 2.75) is 0 Å². The van der Waals surface area contributed by atoms with Gasteiger partial charge in [0.1, 0.15) is 5.75 Å². The maximum atomic E-state index is 11.3. The maximum Gasteiger partial charge on any atom is 0.295 e. The summed E-state index contributed by atoms with van der Waals surface area (Å²) in [4.78, 5) is 15.2. The predicted molar refractivity (Wildman–Crippen MR) is 96.1 cm³/mol. The molecule has 4 aromatic rings. The molecule has 2 aromatic carbocycles. The van der Waals surface area contributed by atoms with E-state index in [1.807, 2.05) is 6.07 Å². The van der Waals surface area contributed by atoms with Crippen molar-refractivity contribution in [2.24, 2.45) is 0 Å². The SMILES string of the molecule is O=[N+]([O-])c1ccc(Oc2ccc(-c3nnco3)cc2)nc1-c1ccccc1. The molecule has 2 heterocycles. The molecule has 2 aromatic heterocycles. The minimum atomic E-state index is -0.460. The van der Waals surface area contributed by atoms with E-state index in [0.29, 0.717) is 17.2 Å². The van der Waals surface area contributed by atoms with E-state index in [4.69, 9.17) is 9.15 Å². The van der Waals surface area contributed by atoms with Crippen molar-refractivity contribution < 1.29 is 14.1 Å². The molecule has 8 heteroatoms. The number of nitrogens with zero attached hydrogens (tertiary/aromatic N) is 4. The second-order valence-corrected chi connectivity index (χ2v) is 5.51. The predicted octanol–water partition coefficient (Wildman–Crippen LogP) is 4.50. The molecule has 0 amide bonds. The Hall–Kier alpha value is -4.07. The number of aromatic nitrogens is 3. The summed E-state index contributed by atoms with van der Waals surface area (Å²) in [5, 5.41) is 18.8. The van der Waals surface area contributed by atoms with Crippen LogP contribution < -0.4 is 4.74 Å². The van der Waals surface area contributed by atoms with Gasteiger partial charge in [-0.25, -0.2) is 4.98 Å². The Bertz CT molecular complexity index is 1060. The first-order chi connectivity index (χ1) is 13.2. The Morgan fingerprint density at radius 2 is 1.70 bits per heavy atom. The van der Waals surface area contributed by atoms with Crippen molar-refractivity contribution in [1.29, 1.82) is 0 Å². The Morgan fingerprint density at radius 3 is 2.37 bits per heavy atom. The van der Waals surface area contributed by atoms with Crippen LogP contribution in [0.4, 0.5) is 5.69 Å². The summed E-state index contributed by atoms with van der Waals surface area (Å²) in [6.07, 6.45) is 1.26. The molecule has 0 aliphatic carbocycles.